The Balaban J connectivity index is 2.30. The Hall–Kier alpha value is -0.930. The first-order valence-corrected chi connectivity index (χ1v) is 7.94. The molecule has 1 heterocycles. The van der Waals surface area contributed by atoms with Crippen LogP contribution in [0, 0.1) is 0 Å². The maximum absolute atomic E-state index is 6.11. The van der Waals surface area contributed by atoms with Crippen LogP contribution in [0.2, 0.25) is 15.1 Å². The van der Waals surface area contributed by atoms with Crippen LogP contribution in [0.4, 0.5) is 0 Å². The van der Waals surface area contributed by atoms with Crippen LogP contribution in [-0.4, -0.2) is 15.4 Å². The van der Waals surface area contributed by atoms with E-state index in [-0.39, 0.29) is 0 Å². The third-order valence-electron chi connectivity index (χ3n) is 3.11. The standard InChI is InChI=1S/C15H10Cl4N2/c16-4-3-15-20-13-8-9(17)1-2-14(13)21(15)12-6-10(18)5-11(19)7-12/h1-2,5-8H,3-4H2. The molecule has 2 nitrogen and oxygen atoms in total. The number of benzene rings is 2. The first kappa shape index (κ1) is 15.0. The van der Waals surface area contributed by atoms with E-state index in [0.29, 0.717) is 27.4 Å². The molecule has 108 valence electrons. The number of fused-ring (bicyclic) bond motifs is 1. The maximum Gasteiger partial charge on any atom is 0.115 e. The Morgan fingerprint density at radius 3 is 2.29 bits per heavy atom. The molecule has 1 aromatic heterocycles. The molecule has 0 aliphatic carbocycles. The average molecular weight is 360 g/mol. The summed E-state index contributed by atoms with van der Waals surface area (Å²) in [5.41, 5.74) is 2.62. The molecule has 0 saturated carbocycles. The molecule has 0 radical (unpaired) electrons. The number of hydrogen-bond donors (Lipinski definition) is 0. The molecule has 0 bridgehead atoms. The van der Waals surface area contributed by atoms with Crippen molar-refractivity contribution in [1.82, 2.24) is 9.55 Å². The van der Waals surface area contributed by atoms with Crippen molar-refractivity contribution in [2.75, 3.05) is 5.88 Å². The SMILES string of the molecule is ClCCc1nc2cc(Cl)ccc2n1-c1cc(Cl)cc(Cl)c1. The highest BCUT2D eigenvalue weighted by Crippen LogP contribution is 2.28. The predicted molar refractivity (Wildman–Crippen MR) is 90.5 cm³/mol. The van der Waals surface area contributed by atoms with Crippen LogP contribution in [0.15, 0.2) is 36.4 Å². The number of rotatable bonds is 3. The van der Waals surface area contributed by atoms with Crippen molar-refractivity contribution in [2.45, 2.75) is 6.42 Å². The zero-order valence-corrected chi connectivity index (χ0v) is 13.8. The number of hydrogen-bond acceptors (Lipinski definition) is 1. The van der Waals surface area contributed by atoms with Gasteiger partial charge in [-0.15, -0.1) is 11.6 Å². The molecule has 0 aliphatic heterocycles. The molecule has 0 aliphatic rings. The van der Waals surface area contributed by atoms with Crippen molar-refractivity contribution in [1.29, 1.82) is 0 Å². The molecule has 0 spiro atoms. The van der Waals surface area contributed by atoms with Gasteiger partial charge in [0, 0.05) is 27.4 Å². The molecule has 0 atom stereocenters. The van der Waals surface area contributed by atoms with Crippen molar-refractivity contribution >= 4 is 57.4 Å². The Kier molecular flexibility index (Phi) is 4.32. The van der Waals surface area contributed by atoms with Gasteiger partial charge >= 0.3 is 0 Å². The summed E-state index contributed by atoms with van der Waals surface area (Å²) < 4.78 is 2.01. The van der Waals surface area contributed by atoms with E-state index in [1.165, 1.54) is 0 Å². The highest BCUT2D eigenvalue weighted by molar-refractivity contribution is 6.35. The van der Waals surface area contributed by atoms with Gasteiger partial charge in [0.25, 0.3) is 0 Å². The van der Waals surface area contributed by atoms with Gasteiger partial charge in [-0.25, -0.2) is 4.98 Å². The molecule has 2 aromatic carbocycles. The van der Waals surface area contributed by atoms with E-state index < -0.39 is 0 Å². The molecule has 3 rings (SSSR count). The molecule has 0 unspecified atom stereocenters. The van der Waals surface area contributed by atoms with E-state index in [0.717, 1.165) is 22.5 Å². The summed E-state index contributed by atoms with van der Waals surface area (Å²) in [4.78, 5) is 4.61. The van der Waals surface area contributed by atoms with Gasteiger partial charge in [-0.3, -0.25) is 4.57 Å². The quantitative estimate of drug-likeness (QED) is 0.543. The van der Waals surface area contributed by atoms with Crippen LogP contribution in [0.1, 0.15) is 5.82 Å². The summed E-state index contributed by atoms with van der Waals surface area (Å²) >= 11 is 24.1. The van der Waals surface area contributed by atoms with Gasteiger partial charge in [-0.2, -0.15) is 0 Å². The molecule has 0 amide bonds. The zero-order chi connectivity index (χ0) is 15.0. The summed E-state index contributed by atoms with van der Waals surface area (Å²) in [5, 5.41) is 1.80. The number of aryl methyl sites for hydroxylation is 1. The van der Waals surface area contributed by atoms with Gasteiger partial charge in [0.1, 0.15) is 5.82 Å². The fraction of sp³-hybridized carbons (Fsp3) is 0.133. The number of imidazole rings is 1. The molecule has 3 aromatic rings. The van der Waals surface area contributed by atoms with Crippen LogP contribution in [0.3, 0.4) is 0 Å². The van der Waals surface area contributed by atoms with Crippen molar-refractivity contribution in [2.24, 2.45) is 0 Å². The van der Waals surface area contributed by atoms with E-state index in [9.17, 15) is 0 Å². The molecular formula is C15H10Cl4N2. The third-order valence-corrected chi connectivity index (χ3v) is 3.97. The van der Waals surface area contributed by atoms with Crippen LogP contribution in [-0.2, 0) is 6.42 Å². The van der Waals surface area contributed by atoms with Crippen LogP contribution >= 0.6 is 46.4 Å². The predicted octanol–water partition coefficient (Wildman–Crippen LogP) is 5.77. The van der Waals surface area contributed by atoms with Gasteiger partial charge in [0.05, 0.1) is 16.7 Å². The lowest BCUT2D eigenvalue weighted by Gasteiger charge is -2.10. The van der Waals surface area contributed by atoms with E-state index in [4.69, 9.17) is 46.4 Å². The largest absolute Gasteiger partial charge is 0.296 e. The van der Waals surface area contributed by atoms with E-state index in [1.807, 2.05) is 34.9 Å². The topological polar surface area (TPSA) is 17.8 Å². The minimum absolute atomic E-state index is 0.478. The van der Waals surface area contributed by atoms with Gasteiger partial charge in [-0.05, 0) is 36.4 Å². The van der Waals surface area contributed by atoms with Crippen molar-refractivity contribution in [3.63, 3.8) is 0 Å². The second-order valence-electron chi connectivity index (χ2n) is 4.56. The van der Waals surface area contributed by atoms with Gasteiger partial charge < -0.3 is 0 Å². The van der Waals surface area contributed by atoms with E-state index in [2.05, 4.69) is 4.98 Å². The minimum Gasteiger partial charge on any atom is -0.296 e. The summed E-state index contributed by atoms with van der Waals surface area (Å²) in [6, 6.07) is 11.0. The zero-order valence-electron chi connectivity index (χ0n) is 10.8. The van der Waals surface area contributed by atoms with Crippen LogP contribution in [0.5, 0.6) is 0 Å². The Bertz CT molecular complexity index is 791. The monoisotopic (exact) mass is 358 g/mol. The lowest BCUT2D eigenvalue weighted by Crippen LogP contribution is -2.02. The second kappa shape index (κ2) is 6.05. The molecule has 0 saturated heterocycles. The van der Waals surface area contributed by atoms with Crippen molar-refractivity contribution < 1.29 is 0 Å². The van der Waals surface area contributed by atoms with E-state index >= 15 is 0 Å². The highest BCUT2D eigenvalue weighted by atomic mass is 35.5. The number of aromatic nitrogens is 2. The lowest BCUT2D eigenvalue weighted by atomic mass is 10.2. The fourth-order valence-electron chi connectivity index (χ4n) is 2.31. The summed E-state index contributed by atoms with van der Waals surface area (Å²) in [7, 11) is 0. The second-order valence-corrected chi connectivity index (χ2v) is 6.25. The first-order valence-electron chi connectivity index (χ1n) is 6.28. The van der Waals surface area contributed by atoms with Crippen LogP contribution < -0.4 is 0 Å². The molecular weight excluding hydrogens is 350 g/mol. The highest BCUT2D eigenvalue weighted by Gasteiger charge is 2.13. The fourth-order valence-corrected chi connectivity index (χ4v) is 3.16. The van der Waals surface area contributed by atoms with Crippen molar-refractivity contribution in [3.8, 4) is 5.69 Å². The Morgan fingerprint density at radius 2 is 1.62 bits per heavy atom. The van der Waals surface area contributed by atoms with E-state index in [1.54, 1.807) is 6.07 Å². The van der Waals surface area contributed by atoms with Gasteiger partial charge in [0.15, 0.2) is 0 Å². The maximum atomic E-state index is 6.11. The number of alkyl halides is 1. The summed E-state index contributed by atoms with van der Waals surface area (Å²) in [6.45, 7) is 0. The first-order chi connectivity index (χ1) is 10.1. The molecule has 6 heteroatoms. The minimum atomic E-state index is 0.478. The van der Waals surface area contributed by atoms with Crippen LogP contribution in [0.25, 0.3) is 16.7 Å². The third kappa shape index (κ3) is 3.00. The summed E-state index contributed by atoms with van der Waals surface area (Å²) in [6.07, 6.45) is 0.637. The van der Waals surface area contributed by atoms with Crippen molar-refractivity contribution in [3.05, 3.63) is 57.3 Å². The summed E-state index contributed by atoms with van der Waals surface area (Å²) in [5.74, 6) is 1.33. The smallest absolute Gasteiger partial charge is 0.115 e. The number of halogens is 4. The Morgan fingerprint density at radius 1 is 0.905 bits per heavy atom. The molecule has 21 heavy (non-hydrogen) atoms. The van der Waals surface area contributed by atoms with Gasteiger partial charge in [0.2, 0.25) is 0 Å². The normalized spacial score (nSPS) is 11.2. The average Bonchev–Trinajstić information content (AvgIpc) is 2.75. The Labute approximate surface area is 142 Å². The number of nitrogens with zero attached hydrogens (tertiary/aromatic N) is 2. The lowest BCUT2D eigenvalue weighted by molar-refractivity contribution is 0.912. The molecule has 0 fully saturated rings. The molecule has 0 N–H and O–H groups in total. The van der Waals surface area contributed by atoms with Gasteiger partial charge in [-0.1, -0.05) is 34.8 Å².